The highest BCUT2D eigenvalue weighted by molar-refractivity contribution is 5.98. The van der Waals surface area contributed by atoms with Gasteiger partial charge in [-0.1, -0.05) is 18.2 Å². The van der Waals surface area contributed by atoms with Gasteiger partial charge in [0, 0.05) is 5.56 Å². The van der Waals surface area contributed by atoms with Crippen LogP contribution < -0.4 is 4.74 Å². The second kappa shape index (κ2) is 5.56. The summed E-state index contributed by atoms with van der Waals surface area (Å²) in [6.45, 7) is 0. The van der Waals surface area contributed by atoms with Crippen molar-refractivity contribution < 1.29 is 14.3 Å². The van der Waals surface area contributed by atoms with Crippen LogP contribution in [0.2, 0.25) is 0 Å². The van der Waals surface area contributed by atoms with Crippen LogP contribution in [-0.4, -0.2) is 20.2 Å². The maximum Gasteiger partial charge on any atom is 0.348 e. The molecule has 0 atom stereocenters. The van der Waals surface area contributed by atoms with Crippen molar-refractivity contribution in [3.8, 4) is 11.8 Å². The zero-order valence-electron chi connectivity index (χ0n) is 9.06. The standard InChI is InChI=1S/C12H11NO3/c1-15-11-6-4-3-5-9(11)7-10(8-13)12(14)16-2/h3-7H,1-2H3. The second-order valence-corrected chi connectivity index (χ2v) is 2.90. The molecular weight excluding hydrogens is 206 g/mol. The number of nitriles is 1. The van der Waals surface area contributed by atoms with Gasteiger partial charge in [-0.05, 0) is 12.1 Å². The minimum atomic E-state index is -0.659. The third-order valence-corrected chi connectivity index (χ3v) is 1.96. The van der Waals surface area contributed by atoms with Crippen LogP contribution >= 0.6 is 0 Å². The van der Waals surface area contributed by atoms with E-state index in [1.165, 1.54) is 20.3 Å². The van der Waals surface area contributed by atoms with Gasteiger partial charge >= 0.3 is 5.97 Å². The Hall–Kier alpha value is -2.28. The van der Waals surface area contributed by atoms with Crippen LogP contribution in [-0.2, 0) is 9.53 Å². The van der Waals surface area contributed by atoms with Gasteiger partial charge in [0.1, 0.15) is 17.4 Å². The molecule has 0 bridgehead atoms. The molecule has 82 valence electrons. The van der Waals surface area contributed by atoms with Gasteiger partial charge in [0.05, 0.1) is 14.2 Å². The Bertz CT molecular complexity index is 458. The summed E-state index contributed by atoms with van der Waals surface area (Å²) in [4.78, 5) is 11.2. The van der Waals surface area contributed by atoms with E-state index in [2.05, 4.69) is 4.74 Å². The Morgan fingerprint density at radius 1 is 1.38 bits per heavy atom. The molecule has 0 heterocycles. The first-order valence-corrected chi connectivity index (χ1v) is 4.56. The fourth-order valence-corrected chi connectivity index (χ4v) is 1.19. The number of rotatable bonds is 3. The molecule has 1 aromatic carbocycles. The first-order chi connectivity index (χ1) is 7.72. The molecule has 0 amide bonds. The molecule has 16 heavy (non-hydrogen) atoms. The first-order valence-electron chi connectivity index (χ1n) is 4.56. The third-order valence-electron chi connectivity index (χ3n) is 1.96. The zero-order valence-corrected chi connectivity index (χ0v) is 9.06. The maximum absolute atomic E-state index is 11.2. The highest BCUT2D eigenvalue weighted by Gasteiger charge is 2.09. The minimum Gasteiger partial charge on any atom is -0.496 e. The van der Waals surface area contributed by atoms with Crippen molar-refractivity contribution in [3.63, 3.8) is 0 Å². The normalized spacial score (nSPS) is 10.4. The molecule has 0 aliphatic heterocycles. The molecule has 0 aromatic heterocycles. The van der Waals surface area contributed by atoms with Gasteiger partial charge in [-0.3, -0.25) is 0 Å². The molecule has 4 heteroatoms. The number of hydrogen-bond acceptors (Lipinski definition) is 4. The monoisotopic (exact) mass is 217 g/mol. The number of carbonyl (C=O) groups excluding carboxylic acids is 1. The van der Waals surface area contributed by atoms with Gasteiger partial charge in [0.2, 0.25) is 0 Å². The van der Waals surface area contributed by atoms with E-state index in [9.17, 15) is 4.79 Å². The Kier molecular flexibility index (Phi) is 4.10. The number of para-hydroxylation sites is 1. The highest BCUT2D eigenvalue weighted by atomic mass is 16.5. The van der Waals surface area contributed by atoms with Gasteiger partial charge in [-0.15, -0.1) is 0 Å². The van der Waals surface area contributed by atoms with Crippen molar-refractivity contribution in [3.05, 3.63) is 35.4 Å². The molecule has 4 nitrogen and oxygen atoms in total. The smallest absolute Gasteiger partial charge is 0.348 e. The summed E-state index contributed by atoms with van der Waals surface area (Å²) in [5.74, 6) is -0.0624. The van der Waals surface area contributed by atoms with Crippen molar-refractivity contribution in [2.24, 2.45) is 0 Å². The Morgan fingerprint density at radius 2 is 2.06 bits per heavy atom. The highest BCUT2D eigenvalue weighted by Crippen LogP contribution is 2.20. The zero-order chi connectivity index (χ0) is 12.0. The van der Waals surface area contributed by atoms with E-state index >= 15 is 0 Å². The predicted molar refractivity (Wildman–Crippen MR) is 58.6 cm³/mol. The fraction of sp³-hybridized carbons (Fsp3) is 0.167. The lowest BCUT2D eigenvalue weighted by atomic mass is 10.1. The predicted octanol–water partition coefficient (Wildman–Crippen LogP) is 1.78. The number of carbonyl (C=O) groups is 1. The molecule has 0 saturated heterocycles. The van der Waals surface area contributed by atoms with Gasteiger partial charge in [0.25, 0.3) is 0 Å². The van der Waals surface area contributed by atoms with Crippen LogP contribution in [0.25, 0.3) is 6.08 Å². The van der Waals surface area contributed by atoms with Crippen molar-refractivity contribution >= 4 is 12.0 Å². The number of methoxy groups -OCH3 is 2. The third kappa shape index (κ3) is 2.61. The van der Waals surface area contributed by atoms with Gasteiger partial charge in [0.15, 0.2) is 0 Å². The van der Waals surface area contributed by atoms with E-state index in [-0.39, 0.29) is 5.57 Å². The summed E-state index contributed by atoms with van der Waals surface area (Å²) in [6, 6.07) is 8.88. The quantitative estimate of drug-likeness (QED) is 0.440. The topological polar surface area (TPSA) is 59.3 Å². The molecule has 0 aliphatic rings. The largest absolute Gasteiger partial charge is 0.496 e. The van der Waals surface area contributed by atoms with E-state index in [0.717, 1.165) is 0 Å². The summed E-state index contributed by atoms with van der Waals surface area (Å²) in [5, 5.41) is 8.79. The van der Waals surface area contributed by atoms with Crippen LogP contribution in [0.1, 0.15) is 5.56 Å². The van der Waals surface area contributed by atoms with E-state index < -0.39 is 5.97 Å². The molecule has 0 fully saturated rings. The first kappa shape index (κ1) is 11.8. The van der Waals surface area contributed by atoms with Gasteiger partial charge in [-0.25, -0.2) is 4.79 Å². The molecule has 1 aromatic rings. The van der Waals surface area contributed by atoms with E-state index in [1.807, 2.05) is 0 Å². The molecule has 0 N–H and O–H groups in total. The lowest BCUT2D eigenvalue weighted by Crippen LogP contribution is -2.02. The average molecular weight is 217 g/mol. The SMILES string of the molecule is COC(=O)C(C#N)=Cc1ccccc1OC. The van der Waals surface area contributed by atoms with Crippen LogP contribution in [0.5, 0.6) is 5.75 Å². The number of esters is 1. The summed E-state index contributed by atoms with van der Waals surface area (Å²) < 4.78 is 9.58. The number of benzene rings is 1. The van der Waals surface area contributed by atoms with E-state index in [0.29, 0.717) is 11.3 Å². The van der Waals surface area contributed by atoms with Crippen molar-refractivity contribution in [2.75, 3.05) is 14.2 Å². The van der Waals surface area contributed by atoms with Crippen LogP contribution in [0, 0.1) is 11.3 Å². The molecule has 1 rings (SSSR count). The second-order valence-electron chi connectivity index (χ2n) is 2.90. The summed E-state index contributed by atoms with van der Waals surface area (Å²) in [6.07, 6.45) is 1.44. The van der Waals surface area contributed by atoms with Crippen LogP contribution in [0.3, 0.4) is 0 Å². The van der Waals surface area contributed by atoms with Crippen molar-refractivity contribution in [1.29, 1.82) is 5.26 Å². The summed E-state index contributed by atoms with van der Waals surface area (Å²) in [7, 11) is 2.76. The number of ether oxygens (including phenoxy) is 2. The minimum absolute atomic E-state index is 0.0630. The van der Waals surface area contributed by atoms with Crippen molar-refractivity contribution in [2.45, 2.75) is 0 Å². The van der Waals surface area contributed by atoms with Crippen LogP contribution in [0.4, 0.5) is 0 Å². The lowest BCUT2D eigenvalue weighted by Gasteiger charge is -2.04. The number of hydrogen-bond donors (Lipinski definition) is 0. The maximum atomic E-state index is 11.2. The van der Waals surface area contributed by atoms with E-state index in [4.69, 9.17) is 10.00 Å². The number of nitrogens with zero attached hydrogens (tertiary/aromatic N) is 1. The van der Waals surface area contributed by atoms with Crippen LogP contribution in [0.15, 0.2) is 29.8 Å². The van der Waals surface area contributed by atoms with Gasteiger partial charge < -0.3 is 9.47 Å². The molecule has 0 aliphatic carbocycles. The fourth-order valence-electron chi connectivity index (χ4n) is 1.19. The Labute approximate surface area is 93.7 Å². The molecule has 0 unspecified atom stereocenters. The van der Waals surface area contributed by atoms with Gasteiger partial charge in [-0.2, -0.15) is 5.26 Å². The molecule has 0 saturated carbocycles. The molecular formula is C12H11NO3. The molecule has 0 radical (unpaired) electrons. The Balaban J connectivity index is 3.14. The Morgan fingerprint density at radius 3 is 2.62 bits per heavy atom. The van der Waals surface area contributed by atoms with Crippen molar-refractivity contribution in [1.82, 2.24) is 0 Å². The van der Waals surface area contributed by atoms with E-state index in [1.54, 1.807) is 30.3 Å². The lowest BCUT2D eigenvalue weighted by molar-refractivity contribution is -0.135. The molecule has 0 spiro atoms. The summed E-state index contributed by atoms with van der Waals surface area (Å²) >= 11 is 0. The summed E-state index contributed by atoms with van der Waals surface area (Å²) in [5.41, 5.74) is 0.596. The average Bonchev–Trinajstić information content (AvgIpc) is 2.35.